The van der Waals surface area contributed by atoms with E-state index in [-0.39, 0.29) is 22.8 Å². The van der Waals surface area contributed by atoms with E-state index in [4.69, 9.17) is 4.11 Å². The van der Waals surface area contributed by atoms with E-state index >= 15 is 0 Å². The molecular formula is C20H19N7O. The minimum Gasteiger partial charge on any atom is -0.337 e. The zero-order valence-electron chi connectivity index (χ0n) is 18.4. The lowest BCUT2D eigenvalue weighted by Crippen LogP contribution is -2.11. The molecule has 140 valence electrons. The van der Waals surface area contributed by atoms with Crippen LogP contribution in [0.4, 0.5) is 11.5 Å². The van der Waals surface area contributed by atoms with E-state index in [0.717, 1.165) is 11.4 Å². The van der Waals surface area contributed by atoms with E-state index in [1.807, 2.05) is 19.1 Å². The normalized spacial score (nSPS) is 12.4. The summed E-state index contributed by atoms with van der Waals surface area (Å²) in [7, 11) is 0. The smallest absolute Gasteiger partial charge is 0.184 e. The van der Waals surface area contributed by atoms with Gasteiger partial charge in [0.1, 0.15) is 17.7 Å². The van der Waals surface area contributed by atoms with Gasteiger partial charge in [-0.2, -0.15) is 10.4 Å². The van der Waals surface area contributed by atoms with Crippen molar-refractivity contribution < 1.29 is 8.91 Å². The lowest BCUT2D eigenvalue weighted by Gasteiger charge is -2.12. The Morgan fingerprint density at radius 2 is 2.11 bits per heavy atom. The van der Waals surface area contributed by atoms with Crippen LogP contribution in [0.3, 0.4) is 0 Å². The molecule has 0 saturated heterocycles. The molecule has 0 amide bonds. The number of ketones is 1. The van der Waals surface area contributed by atoms with Crippen molar-refractivity contribution in [3.8, 4) is 6.07 Å². The standard InChI is InChI=1S/C20H19N7O/c1-4-18(28)19-17(25-20-14(11-21)6-5-7-22-20)10-16(26-27-19)9-15-8-12(2)23-13(3)24-15/h5-8,10H,4,9H2,1-3H3,(H,22,25,26)/i1D3. The number of rotatable bonds is 6. The summed E-state index contributed by atoms with van der Waals surface area (Å²) in [6, 6.07) is 8.61. The maximum absolute atomic E-state index is 12.6. The zero-order valence-corrected chi connectivity index (χ0v) is 15.4. The number of carbonyl (C=O) groups is 1. The van der Waals surface area contributed by atoms with Gasteiger partial charge in [0.25, 0.3) is 0 Å². The Morgan fingerprint density at radius 3 is 2.86 bits per heavy atom. The third-order valence-corrected chi connectivity index (χ3v) is 3.83. The fourth-order valence-corrected chi connectivity index (χ4v) is 2.70. The van der Waals surface area contributed by atoms with Crippen molar-refractivity contribution in [2.24, 2.45) is 0 Å². The molecule has 0 aliphatic carbocycles. The van der Waals surface area contributed by atoms with E-state index in [1.165, 1.54) is 6.20 Å². The fourth-order valence-electron chi connectivity index (χ4n) is 2.70. The Hall–Kier alpha value is -3.73. The molecule has 0 fully saturated rings. The van der Waals surface area contributed by atoms with E-state index in [0.29, 0.717) is 17.9 Å². The fraction of sp³-hybridized carbons (Fsp3) is 0.250. The molecule has 3 heterocycles. The first-order valence-electron chi connectivity index (χ1n) is 9.98. The Bertz CT molecular complexity index is 1150. The van der Waals surface area contributed by atoms with E-state index in [9.17, 15) is 10.1 Å². The van der Waals surface area contributed by atoms with Crippen molar-refractivity contribution in [1.29, 1.82) is 5.26 Å². The summed E-state index contributed by atoms with van der Waals surface area (Å²) < 4.78 is 22.1. The number of aryl methyl sites for hydroxylation is 2. The lowest BCUT2D eigenvalue weighted by molar-refractivity contribution is 0.0983. The van der Waals surface area contributed by atoms with Gasteiger partial charge < -0.3 is 5.32 Å². The first kappa shape index (κ1) is 15.3. The molecule has 3 aromatic rings. The van der Waals surface area contributed by atoms with Gasteiger partial charge in [-0.05, 0) is 38.1 Å². The van der Waals surface area contributed by atoms with Gasteiger partial charge in [0.05, 0.1) is 22.6 Å². The van der Waals surface area contributed by atoms with Crippen LogP contribution < -0.4 is 5.32 Å². The van der Waals surface area contributed by atoms with Crippen molar-refractivity contribution in [2.45, 2.75) is 33.5 Å². The van der Waals surface area contributed by atoms with E-state index in [1.54, 1.807) is 25.1 Å². The Labute approximate surface area is 166 Å². The number of aromatic nitrogens is 5. The van der Waals surface area contributed by atoms with Crippen LogP contribution in [0.15, 0.2) is 30.5 Å². The number of pyridine rings is 1. The summed E-state index contributed by atoms with van der Waals surface area (Å²) in [6.07, 6.45) is 1.13. The average molecular weight is 376 g/mol. The third-order valence-electron chi connectivity index (χ3n) is 3.83. The van der Waals surface area contributed by atoms with Crippen molar-refractivity contribution in [2.75, 3.05) is 5.32 Å². The van der Waals surface area contributed by atoms with Crippen LogP contribution in [0.5, 0.6) is 0 Å². The molecule has 0 aliphatic heterocycles. The SMILES string of the molecule is [2H]C([2H])([2H])CC(=O)c1nnc(Cc2cc(C)nc(C)n2)cc1Nc1ncccc1C#N. The molecule has 8 heteroatoms. The number of anilines is 2. The van der Waals surface area contributed by atoms with Gasteiger partial charge in [0.15, 0.2) is 11.5 Å². The van der Waals surface area contributed by atoms with Crippen molar-refractivity contribution in [3.05, 3.63) is 64.6 Å². The highest BCUT2D eigenvalue weighted by atomic mass is 16.1. The van der Waals surface area contributed by atoms with Gasteiger partial charge in [-0.3, -0.25) is 4.79 Å². The van der Waals surface area contributed by atoms with Gasteiger partial charge in [0, 0.05) is 28.8 Å². The molecule has 8 nitrogen and oxygen atoms in total. The first-order valence-corrected chi connectivity index (χ1v) is 8.48. The molecule has 0 aliphatic rings. The summed E-state index contributed by atoms with van der Waals surface area (Å²) in [5.74, 6) is 0.156. The van der Waals surface area contributed by atoms with Gasteiger partial charge >= 0.3 is 0 Å². The lowest BCUT2D eigenvalue weighted by atomic mass is 10.1. The molecule has 0 atom stereocenters. The number of nitrogens with zero attached hydrogens (tertiary/aromatic N) is 6. The number of Topliss-reactive ketones (excluding diaryl/α,β-unsaturated/α-hetero) is 1. The molecule has 0 saturated carbocycles. The molecule has 1 N–H and O–H groups in total. The molecule has 3 aromatic heterocycles. The van der Waals surface area contributed by atoms with Gasteiger partial charge in [-0.15, -0.1) is 5.10 Å². The highest BCUT2D eigenvalue weighted by molar-refractivity contribution is 5.99. The van der Waals surface area contributed by atoms with Crippen LogP contribution in [0.2, 0.25) is 0 Å². The summed E-state index contributed by atoms with van der Waals surface area (Å²) in [4.78, 5) is 25.3. The minimum absolute atomic E-state index is 0.135. The quantitative estimate of drug-likeness (QED) is 0.652. The number of nitriles is 1. The van der Waals surface area contributed by atoms with Crippen molar-refractivity contribution in [1.82, 2.24) is 25.1 Å². The molecular weight excluding hydrogens is 354 g/mol. The monoisotopic (exact) mass is 376 g/mol. The second-order valence-electron chi connectivity index (χ2n) is 6.06. The number of carbonyl (C=O) groups excluding carboxylic acids is 1. The number of nitrogens with one attached hydrogen (secondary N) is 1. The number of hydrogen-bond donors (Lipinski definition) is 1. The predicted molar refractivity (Wildman–Crippen MR) is 103 cm³/mol. The molecule has 0 bridgehead atoms. The average Bonchev–Trinajstić information content (AvgIpc) is 2.66. The van der Waals surface area contributed by atoms with Crippen molar-refractivity contribution >= 4 is 17.3 Å². The van der Waals surface area contributed by atoms with Gasteiger partial charge in [-0.25, -0.2) is 15.0 Å². The number of hydrogen-bond acceptors (Lipinski definition) is 8. The molecule has 0 radical (unpaired) electrons. The largest absolute Gasteiger partial charge is 0.337 e. The Balaban J connectivity index is 2.01. The summed E-state index contributed by atoms with van der Waals surface area (Å²) >= 11 is 0. The zero-order chi connectivity index (χ0) is 22.6. The first-order chi connectivity index (χ1) is 14.6. The molecule has 0 spiro atoms. The molecule has 0 unspecified atom stereocenters. The minimum atomic E-state index is -2.45. The Morgan fingerprint density at radius 1 is 1.25 bits per heavy atom. The summed E-state index contributed by atoms with van der Waals surface area (Å²) in [5.41, 5.74) is 2.38. The van der Waals surface area contributed by atoms with Crippen LogP contribution in [-0.2, 0) is 6.42 Å². The molecule has 3 rings (SSSR count). The van der Waals surface area contributed by atoms with E-state index < -0.39 is 19.1 Å². The van der Waals surface area contributed by atoms with Gasteiger partial charge in [0.2, 0.25) is 0 Å². The maximum Gasteiger partial charge on any atom is 0.184 e. The topological polar surface area (TPSA) is 117 Å². The van der Waals surface area contributed by atoms with Crippen molar-refractivity contribution in [3.63, 3.8) is 0 Å². The Kier molecular flexibility index (Phi) is 4.55. The van der Waals surface area contributed by atoms with Crippen LogP contribution in [0.25, 0.3) is 0 Å². The molecule has 0 aromatic carbocycles. The second kappa shape index (κ2) is 8.31. The highest BCUT2D eigenvalue weighted by Crippen LogP contribution is 2.23. The summed E-state index contributed by atoms with van der Waals surface area (Å²) in [5, 5.41) is 20.3. The van der Waals surface area contributed by atoms with Crippen LogP contribution in [-0.4, -0.2) is 30.9 Å². The maximum atomic E-state index is 12.6. The van der Waals surface area contributed by atoms with Crippen LogP contribution in [0, 0.1) is 25.2 Å². The predicted octanol–water partition coefficient (Wildman–Crippen LogP) is 3.08. The van der Waals surface area contributed by atoms with E-state index in [2.05, 4.69) is 30.5 Å². The van der Waals surface area contributed by atoms with Crippen LogP contribution in [0.1, 0.15) is 56.3 Å². The molecule has 28 heavy (non-hydrogen) atoms. The summed E-state index contributed by atoms with van der Waals surface area (Å²) in [6.45, 7) is 1.20. The van der Waals surface area contributed by atoms with Crippen LogP contribution >= 0.6 is 0 Å². The third kappa shape index (κ3) is 4.32. The highest BCUT2D eigenvalue weighted by Gasteiger charge is 2.16. The second-order valence-corrected chi connectivity index (χ2v) is 6.06. The van der Waals surface area contributed by atoms with Gasteiger partial charge in [-0.1, -0.05) is 6.85 Å².